The van der Waals surface area contributed by atoms with Gasteiger partial charge in [-0.05, 0) is 43.0 Å². The van der Waals surface area contributed by atoms with Gasteiger partial charge in [-0.3, -0.25) is 19.5 Å². The van der Waals surface area contributed by atoms with Crippen LogP contribution < -0.4 is 5.32 Å². The fourth-order valence-corrected chi connectivity index (χ4v) is 7.45. The van der Waals surface area contributed by atoms with Crippen LogP contribution in [0.2, 0.25) is 0 Å². The van der Waals surface area contributed by atoms with Gasteiger partial charge in [0.25, 0.3) is 5.92 Å². The molecule has 15 heteroatoms. The zero-order chi connectivity index (χ0) is 36.3. The van der Waals surface area contributed by atoms with Crippen LogP contribution in [0.5, 0.6) is 0 Å². The van der Waals surface area contributed by atoms with Crippen molar-refractivity contribution in [3.05, 3.63) is 98.9 Å². The number of fused-ring (bicyclic) bond motifs is 1. The van der Waals surface area contributed by atoms with Gasteiger partial charge in [-0.2, -0.15) is 5.06 Å². The van der Waals surface area contributed by atoms with E-state index in [-0.39, 0.29) is 56.2 Å². The van der Waals surface area contributed by atoms with Crippen LogP contribution in [-0.2, 0) is 30.5 Å². The molecule has 2 unspecified atom stereocenters. The number of thiazole rings is 1. The number of aromatic nitrogens is 1. The van der Waals surface area contributed by atoms with Crippen molar-refractivity contribution in [3.63, 3.8) is 0 Å². The number of hydroxylamine groups is 2. The summed E-state index contributed by atoms with van der Waals surface area (Å²) in [6.45, 7) is 3.72. The number of aliphatic hydroxyl groups is 1. The number of halogens is 3. The van der Waals surface area contributed by atoms with E-state index in [1.807, 2.05) is 18.2 Å². The Morgan fingerprint density at radius 1 is 1.16 bits per heavy atom. The van der Waals surface area contributed by atoms with E-state index >= 15 is 8.78 Å². The summed E-state index contributed by atoms with van der Waals surface area (Å²) in [6.07, 6.45) is 0.477. The number of carbonyl (C=O) groups excluding carboxylic acids is 2. The summed E-state index contributed by atoms with van der Waals surface area (Å²) in [5.41, 5.74) is 1.83. The summed E-state index contributed by atoms with van der Waals surface area (Å²) in [5, 5.41) is 17.6. The number of benzene rings is 2. The summed E-state index contributed by atoms with van der Waals surface area (Å²) >= 11 is 1.29. The van der Waals surface area contributed by atoms with Gasteiger partial charge in [0.1, 0.15) is 24.5 Å². The zero-order valence-corrected chi connectivity index (χ0v) is 29.2. The number of aliphatic hydroxyl groups excluding tert-OH is 1. The summed E-state index contributed by atoms with van der Waals surface area (Å²) < 4.78 is 57.6. The predicted molar refractivity (Wildman–Crippen MR) is 182 cm³/mol. The normalized spacial score (nSPS) is 23.0. The summed E-state index contributed by atoms with van der Waals surface area (Å²) in [7, 11) is 0. The molecule has 3 aromatic rings. The molecule has 4 heterocycles. The number of nitrogens with one attached hydrogen (secondary N) is 1. The van der Waals surface area contributed by atoms with Crippen LogP contribution in [0.4, 0.5) is 13.2 Å². The van der Waals surface area contributed by atoms with Gasteiger partial charge in [0.15, 0.2) is 10.8 Å². The first kappa shape index (κ1) is 36.6. The van der Waals surface area contributed by atoms with Gasteiger partial charge in [0, 0.05) is 23.8 Å². The van der Waals surface area contributed by atoms with Gasteiger partial charge in [-0.15, -0.1) is 11.3 Å². The Labute approximate surface area is 297 Å². The maximum absolute atomic E-state index is 15.9. The van der Waals surface area contributed by atoms with Crippen molar-refractivity contribution >= 4 is 29.1 Å². The van der Waals surface area contributed by atoms with Crippen molar-refractivity contribution < 1.29 is 42.2 Å². The molecule has 0 bridgehead atoms. The highest BCUT2D eigenvalue weighted by molar-refractivity contribution is 7.11. The number of amidine groups is 1. The van der Waals surface area contributed by atoms with Crippen molar-refractivity contribution in [2.75, 3.05) is 32.8 Å². The molecule has 0 saturated carbocycles. The molecule has 0 radical (unpaired) electrons. The van der Waals surface area contributed by atoms with Crippen LogP contribution >= 0.6 is 11.3 Å². The minimum Gasteiger partial charge on any atom is -0.463 e. The molecule has 272 valence electrons. The van der Waals surface area contributed by atoms with Crippen LogP contribution in [0.25, 0.3) is 0 Å². The number of likely N-dealkylation sites (tertiary alicyclic amines) is 1. The molecule has 2 aromatic carbocycles. The summed E-state index contributed by atoms with van der Waals surface area (Å²) in [6, 6.07) is 10.3. The highest BCUT2D eigenvalue weighted by Gasteiger charge is 2.61. The lowest BCUT2D eigenvalue weighted by Gasteiger charge is -2.31. The number of nitrogens with zero attached hydrogens (tertiary/aromatic N) is 4. The van der Waals surface area contributed by atoms with E-state index in [1.165, 1.54) is 28.4 Å². The SMILES string of the molecule is CCOC(=O)C1=C(CN2CC(F)(F)[C@@H]3[C@H]2CON3CC(O)C(CC)C(=O)OCc2ccccc2)NC(c2nccs2)=N[C@H]1c1cccc(F)c1C. The van der Waals surface area contributed by atoms with E-state index in [4.69, 9.17) is 19.3 Å². The van der Waals surface area contributed by atoms with Crippen molar-refractivity contribution in [2.45, 2.75) is 64.0 Å². The number of β-amino-alcohol motifs (C(OH)–C–C–N with tert-alkyl or cyclic N) is 1. The van der Waals surface area contributed by atoms with E-state index in [0.29, 0.717) is 16.4 Å². The van der Waals surface area contributed by atoms with E-state index in [0.717, 1.165) is 10.6 Å². The molecule has 2 fully saturated rings. The van der Waals surface area contributed by atoms with Gasteiger partial charge < -0.3 is 19.9 Å². The first-order valence-electron chi connectivity index (χ1n) is 16.8. The molecule has 2 saturated heterocycles. The Kier molecular flexibility index (Phi) is 11.2. The Hall–Kier alpha value is -4.15. The lowest BCUT2D eigenvalue weighted by atomic mass is 9.92. The second-order valence-electron chi connectivity index (χ2n) is 12.7. The van der Waals surface area contributed by atoms with Crippen LogP contribution in [-0.4, -0.2) is 94.8 Å². The molecule has 5 atom stereocenters. The van der Waals surface area contributed by atoms with Crippen molar-refractivity contribution in [1.29, 1.82) is 0 Å². The fraction of sp³-hybridized carbons (Fsp3) is 0.444. The predicted octanol–water partition coefficient (Wildman–Crippen LogP) is 4.56. The summed E-state index contributed by atoms with van der Waals surface area (Å²) in [5.74, 6) is -5.77. The van der Waals surface area contributed by atoms with Crippen molar-refractivity contribution in [2.24, 2.45) is 10.9 Å². The summed E-state index contributed by atoms with van der Waals surface area (Å²) in [4.78, 5) is 42.9. The molecule has 0 spiro atoms. The maximum atomic E-state index is 15.9. The fourth-order valence-electron chi connectivity index (χ4n) is 6.86. The van der Waals surface area contributed by atoms with Gasteiger partial charge in [0.05, 0.1) is 49.9 Å². The molecule has 0 amide bonds. The van der Waals surface area contributed by atoms with Crippen LogP contribution in [0.1, 0.15) is 48.0 Å². The molecule has 51 heavy (non-hydrogen) atoms. The number of hydrogen-bond donors (Lipinski definition) is 2. The maximum Gasteiger partial charge on any atom is 0.338 e. The number of ether oxygens (including phenoxy) is 2. The van der Waals surface area contributed by atoms with E-state index in [1.54, 1.807) is 50.5 Å². The van der Waals surface area contributed by atoms with Crippen molar-refractivity contribution in [3.8, 4) is 0 Å². The standard InChI is InChI=1S/C36H40F3N5O6S/c1-4-23(34(46)49-18-22-10-7-6-8-11-22)28(45)17-44-31-27(19-50-44)43(20-36(31,38)39)16-26-29(35(47)48-5-2)30(24-12-9-13-25(37)21(24)3)42-32(41-26)33-40-14-15-51-33/h6-15,23,27-28,30-31,45H,4-5,16-20H2,1-3H3,(H,41,42)/t23?,27-,28?,30+,31+/m1/s1. The number of esters is 2. The molecule has 6 rings (SSSR count). The third kappa shape index (κ3) is 7.72. The monoisotopic (exact) mass is 727 g/mol. The number of hydrogen-bond acceptors (Lipinski definition) is 12. The van der Waals surface area contributed by atoms with Crippen LogP contribution in [0.15, 0.2) is 76.4 Å². The lowest BCUT2D eigenvalue weighted by Crippen LogP contribution is -2.49. The second kappa shape index (κ2) is 15.6. The molecule has 3 aliphatic rings. The first-order valence-corrected chi connectivity index (χ1v) is 17.7. The number of rotatable bonds is 13. The zero-order valence-electron chi connectivity index (χ0n) is 28.4. The average molecular weight is 728 g/mol. The molecule has 2 N–H and O–H groups in total. The molecule has 11 nitrogen and oxygen atoms in total. The Morgan fingerprint density at radius 2 is 1.94 bits per heavy atom. The molecular weight excluding hydrogens is 687 g/mol. The minimum absolute atomic E-state index is 0.0210. The largest absolute Gasteiger partial charge is 0.463 e. The smallest absolute Gasteiger partial charge is 0.338 e. The Bertz CT molecular complexity index is 1780. The first-order chi connectivity index (χ1) is 24.5. The molecule has 1 aromatic heterocycles. The van der Waals surface area contributed by atoms with Crippen LogP contribution in [0, 0.1) is 18.7 Å². The Balaban J connectivity index is 1.25. The number of aliphatic imine (C=N–C) groups is 1. The second-order valence-corrected chi connectivity index (χ2v) is 13.6. The number of carbonyl (C=O) groups is 2. The third-order valence-electron chi connectivity index (χ3n) is 9.42. The molecule has 3 aliphatic heterocycles. The van der Waals surface area contributed by atoms with Gasteiger partial charge >= 0.3 is 11.9 Å². The van der Waals surface area contributed by atoms with E-state index in [9.17, 15) is 19.1 Å². The minimum atomic E-state index is -3.29. The van der Waals surface area contributed by atoms with Crippen LogP contribution in [0.3, 0.4) is 0 Å². The third-order valence-corrected chi connectivity index (χ3v) is 10.2. The van der Waals surface area contributed by atoms with E-state index in [2.05, 4.69) is 10.3 Å². The highest BCUT2D eigenvalue weighted by atomic mass is 32.1. The highest BCUT2D eigenvalue weighted by Crippen LogP contribution is 2.42. The van der Waals surface area contributed by atoms with Crippen molar-refractivity contribution in [1.82, 2.24) is 20.3 Å². The number of alkyl halides is 2. The van der Waals surface area contributed by atoms with Gasteiger partial charge in [-0.1, -0.05) is 49.4 Å². The molecular formula is C36H40F3N5O6S. The van der Waals surface area contributed by atoms with E-state index < -0.39 is 60.4 Å². The Morgan fingerprint density at radius 3 is 2.65 bits per heavy atom. The quantitative estimate of drug-likeness (QED) is 0.242. The average Bonchev–Trinajstić information content (AvgIpc) is 3.85. The topological polar surface area (TPSA) is 126 Å². The lowest BCUT2D eigenvalue weighted by molar-refractivity contribution is -0.198. The van der Waals surface area contributed by atoms with Gasteiger partial charge in [-0.25, -0.2) is 22.9 Å². The molecule has 0 aliphatic carbocycles. The van der Waals surface area contributed by atoms with Gasteiger partial charge in [0.2, 0.25) is 0 Å².